The molecule has 0 aliphatic rings. The molecule has 0 saturated heterocycles. The van der Waals surface area contributed by atoms with Gasteiger partial charge in [0.25, 0.3) is 5.91 Å². The predicted octanol–water partition coefficient (Wildman–Crippen LogP) is 2.89. The SMILES string of the molecule is CC(C)c1nnc(CNC(=O)c2ccc(Br)cc2)o1. The maximum absolute atomic E-state index is 11.9. The van der Waals surface area contributed by atoms with Crippen molar-refractivity contribution in [3.8, 4) is 0 Å². The third-order valence-corrected chi connectivity index (χ3v) is 3.01. The van der Waals surface area contributed by atoms with Gasteiger partial charge in [0.2, 0.25) is 11.8 Å². The van der Waals surface area contributed by atoms with Crippen LogP contribution in [0.5, 0.6) is 0 Å². The summed E-state index contributed by atoms with van der Waals surface area (Å²) in [5.41, 5.74) is 0.590. The van der Waals surface area contributed by atoms with Gasteiger partial charge >= 0.3 is 0 Å². The van der Waals surface area contributed by atoms with Crippen LogP contribution in [0.15, 0.2) is 33.2 Å². The molecule has 0 atom stereocenters. The van der Waals surface area contributed by atoms with Gasteiger partial charge in [0.15, 0.2) is 0 Å². The molecule has 100 valence electrons. The second-order valence-corrected chi connectivity index (χ2v) is 5.29. The quantitative estimate of drug-likeness (QED) is 0.939. The van der Waals surface area contributed by atoms with Crippen LogP contribution in [0.3, 0.4) is 0 Å². The highest BCUT2D eigenvalue weighted by atomic mass is 79.9. The smallest absolute Gasteiger partial charge is 0.251 e. The van der Waals surface area contributed by atoms with Crippen LogP contribution in [-0.2, 0) is 6.54 Å². The van der Waals surface area contributed by atoms with Crippen molar-refractivity contribution in [2.24, 2.45) is 0 Å². The van der Waals surface area contributed by atoms with Crippen LogP contribution in [0.2, 0.25) is 0 Å². The van der Waals surface area contributed by atoms with Crippen molar-refractivity contribution in [1.82, 2.24) is 15.5 Å². The Hall–Kier alpha value is -1.69. The highest BCUT2D eigenvalue weighted by Crippen LogP contribution is 2.12. The molecule has 5 nitrogen and oxygen atoms in total. The van der Waals surface area contributed by atoms with Crippen LogP contribution in [0, 0.1) is 0 Å². The highest BCUT2D eigenvalue weighted by molar-refractivity contribution is 9.10. The zero-order valence-corrected chi connectivity index (χ0v) is 12.3. The lowest BCUT2D eigenvalue weighted by Gasteiger charge is -2.02. The Morgan fingerprint density at radius 1 is 1.32 bits per heavy atom. The molecule has 1 aromatic carbocycles. The number of amides is 1. The number of halogens is 1. The first-order valence-corrected chi connectivity index (χ1v) is 6.71. The Kier molecular flexibility index (Phi) is 4.31. The minimum Gasteiger partial charge on any atom is -0.423 e. The molecule has 0 radical (unpaired) electrons. The van der Waals surface area contributed by atoms with Crippen molar-refractivity contribution in [2.45, 2.75) is 26.3 Å². The third kappa shape index (κ3) is 3.64. The first-order chi connectivity index (χ1) is 9.06. The molecule has 1 aromatic heterocycles. The van der Waals surface area contributed by atoms with E-state index in [1.165, 1.54) is 0 Å². The van der Waals surface area contributed by atoms with Crippen LogP contribution < -0.4 is 5.32 Å². The molecule has 0 bridgehead atoms. The fourth-order valence-corrected chi connectivity index (χ4v) is 1.69. The lowest BCUT2D eigenvalue weighted by molar-refractivity contribution is 0.0947. The zero-order chi connectivity index (χ0) is 13.8. The van der Waals surface area contributed by atoms with Gasteiger partial charge in [-0.05, 0) is 24.3 Å². The fourth-order valence-electron chi connectivity index (χ4n) is 1.43. The standard InChI is InChI=1S/C13H14BrN3O2/c1-8(2)13-17-16-11(19-13)7-15-12(18)9-3-5-10(14)6-4-9/h3-6,8H,7H2,1-2H3,(H,15,18). The molecular formula is C13H14BrN3O2. The molecule has 19 heavy (non-hydrogen) atoms. The largest absolute Gasteiger partial charge is 0.423 e. The summed E-state index contributed by atoms with van der Waals surface area (Å²) in [6, 6.07) is 7.12. The summed E-state index contributed by atoms with van der Waals surface area (Å²) in [7, 11) is 0. The molecule has 0 aliphatic heterocycles. The van der Waals surface area contributed by atoms with Crippen molar-refractivity contribution in [2.75, 3.05) is 0 Å². The summed E-state index contributed by atoms with van der Waals surface area (Å²) >= 11 is 3.32. The van der Waals surface area contributed by atoms with Gasteiger partial charge in [-0.2, -0.15) is 0 Å². The van der Waals surface area contributed by atoms with E-state index in [2.05, 4.69) is 31.4 Å². The second kappa shape index (κ2) is 5.97. The highest BCUT2D eigenvalue weighted by Gasteiger charge is 2.11. The molecule has 0 saturated carbocycles. The first-order valence-electron chi connectivity index (χ1n) is 5.92. The molecule has 6 heteroatoms. The molecule has 0 spiro atoms. The Morgan fingerprint density at radius 3 is 2.58 bits per heavy atom. The van der Waals surface area contributed by atoms with Crippen molar-refractivity contribution in [1.29, 1.82) is 0 Å². The van der Waals surface area contributed by atoms with Crippen molar-refractivity contribution < 1.29 is 9.21 Å². The summed E-state index contributed by atoms with van der Waals surface area (Å²) in [5, 5.41) is 10.5. The minimum absolute atomic E-state index is 0.170. The van der Waals surface area contributed by atoms with Crippen LogP contribution in [-0.4, -0.2) is 16.1 Å². The van der Waals surface area contributed by atoms with Gasteiger partial charge in [-0.25, -0.2) is 0 Å². The average Bonchev–Trinajstić information content (AvgIpc) is 2.86. The number of hydrogen-bond donors (Lipinski definition) is 1. The molecular weight excluding hydrogens is 310 g/mol. The summed E-state index contributed by atoms with van der Waals surface area (Å²) in [6.07, 6.45) is 0. The summed E-state index contributed by atoms with van der Waals surface area (Å²) in [4.78, 5) is 11.9. The van der Waals surface area contributed by atoms with Crippen LogP contribution >= 0.6 is 15.9 Å². The van der Waals surface area contributed by atoms with E-state index in [0.29, 0.717) is 17.3 Å². The van der Waals surface area contributed by atoms with Gasteiger partial charge < -0.3 is 9.73 Å². The number of hydrogen-bond acceptors (Lipinski definition) is 4. The van der Waals surface area contributed by atoms with Gasteiger partial charge in [-0.15, -0.1) is 10.2 Å². The Bertz CT molecular complexity index is 564. The molecule has 1 amide bonds. The Labute approximate surface area is 119 Å². The molecule has 0 fully saturated rings. The summed E-state index contributed by atoms with van der Waals surface area (Å²) < 4.78 is 6.34. The van der Waals surface area contributed by atoms with Gasteiger partial charge in [-0.1, -0.05) is 29.8 Å². The number of benzene rings is 1. The van der Waals surface area contributed by atoms with Gasteiger partial charge in [0.1, 0.15) is 0 Å². The van der Waals surface area contributed by atoms with Crippen molar-refractivity contribution in [3.05, 3.63) is 46.1 Å². The van der Waals surface area contributed by atoms with Gasteiger partial charge in [0.05, 0.1) is 6.54 Å². The fraction of sp³-hybridized carbons (Fsp3) is 0.308. The number of rotatable bonds is 4. The number of aromatic nitrogens is 2. The van der Waals surface area contributed by atoms with E-state index in [-0.39, 0.29) is 18.4 Å². The van der Waals surface area contributed by atoms with Gasteiger partial charge in [0, 0.05) is 16.0 Å². The average molecular weight is 324 g/mol. The van der Waals surface area contributed by atoms with E-state index in [9.17, 15) is 4.79 Å². The molecule has 1 N–H and O–H groups in total. The Balaban J connectivity index is 1.94. The van der Waals surface area contributed by atoms with Crippen LogP contribution in [0.4, 0.5) is 0 Å². The van der Waals surface area contributed by atoms with E-state index in [1.807, 2.05) is 26.0 Å². The van der Waals surface area contributed by atoms with Gasteiger partial charge in [-0.3, -0.25) is 4.79 Å². The predicted molar refractivity (Wildman–Crippen MR) is 73.7 cm³/mol. The maximum atomic E-state index is 11.9. The van der Waals surface area contributed by atoms with Crippen LogP contribution in [0.25, 0.3) is 0 Å². The molecule has 2 aromatic rings. The lowest BCUT2D eigenvalue weighted by atomic mass is 10.2. The monoisotopic (exact) mass is 323 g/mol. The molecule has 0 aliphatic carbocycles. The van der Waals surface area contributed by atoms with E-state index in [0.717, 1.165) is 4.47 Å². The summed E-state index contributed by atoms with van der Waals surface area (Å²) in [6.45, 7) is 4.17. The minimum atomic E-state index is -0.170. The van der Waals surface area contributed by atoms with E-state index < -0.39 is 0 Å². The molecule has 2 rings (SSSR count). The number of carbonyl (C=O) groups excluding carboxylic acids is 1. The third-order valence-electron chi connectivity index (χ3n) is 2.48. The van der Waals surface area contributed by atoms with E-state index in [4.69, 9.17) is 4.42 Å². The van der Waals surface area contributed by atoms with Crippen molar-refractivity contribution in [3.63, 3.8) is 0 Å². The number of carbonyl (C=O) groups is 1. The number of nitrogens with zero attached hydrogens (tertiary/aromatic N) is 2. The van der Waals surface area contributed by atoms with Crippen molar-refractivity contribution >= 4 is 21.8 Å². The maximum Gasteiger partial charge on any atom is 0.251 e. The van der Waals surface area contributed by atoms with Crippen LogP contribution in [0.1, 0.15) is 41.9 Å². The Morgan fingerprint density at radius 2 is 2.00 bits per heavy atom. The van der Waals surface area contributed by atoms with E-state index >= 15 is 0 Å². The first kappa shape index (κ1) is 13.7. The van der Waals surface area contributed by atoms with E-state index in [1.54, 1.807) is 12.1 Å². The molecule has 0 unspecified atom stereocenters. The number of nitrogens with one attached hydrogen (secondary N) is 1. The molecule has 1 heterocycles. The topological polar surface area (TPSA) is 68.0 Å². The zero-order valence-electron chi connectivity index (χ0n) is 10.7. The normalized spacial score (nSPS) is 10.7. The summed E-state index contributed by atoms with van der Waals surface area (Å²) in [5.74, 6) is 1.00. The lowest BCUT2D eigenvalue weighted by Crippen LogP contribution is -2.22. The second-order valence-electron chi connectivity index (χ2n) is 4.38.